The molecule has 124 valence electrons. The predicted molar refractivity (Wildman–Crippen MR) is 91.7 cm³/mol. The molecule has 0 amide bonds. The van der Waals surface area contributed by atoms with Crippen molar-refractivity contribution < 1.29 is 0 Å². The molecule has 0 aromatic rings. The fourth-order valence-electron chi connectivity index (χ4n) is 4.13. The van der Waals surface area contributed by atoms with E-state index in [-0.39, 0.29) is 0 Å². The summed E-state index contributed by atoms with van der Waals surface area (Å²) in [5.74, 6) is 1.76. The van der Waals surface area contributed by atoms with Gasteiger partial charge in [-0.2, -0.15) is 0 Å². The molecule has 1 aliphatic heterocycles. The monoisotopic (exact) mass is 295 g/mol. The topological polar surface area (TPSA) is 18.5 Å². The summed E-state index contributed by atoms with van der Waals surface area (Å²) >= 11 is 0. The van der Waals surface area contributed by atoms with Crippen LogP contribution in [-0.2, 0) is 0 Å². The second kappa shape index (κ2) is 7.94. The van der Waals surface area contributed by atoms with Crippen molar-refractivity contribution in [2.45, 2.75) is 71.5 Å². The van der Waals surface area contributed by atoms with Gasteiger partial charge in [0.25, 0.3) is 0 Å². The highest BCUT2D eigenvalue weighted by atomic mass is 15.3. The maximum Gasteiger partial charge on any atom is 0.0253 e. The van der Waals surface area contributed by atoms with Crippen LogP contribution in [0.5, 0.6) is 0 Å². The lowest BCUT2D eigenvalue weighted by Crippen LogP contribution is -2.60. The highest BCUT2D eigenvalue weighted by molar-refractivity contribution is 4.94. The molecule has 1 saturated heterocycles. The summed E-state index contributed by atoms with van der Waals surface area (Å²) in [6, 6.07) is 2.18. The van der Waals surface area contributed by atoms with Crippen LogP contribution in [0, 0.1) is 11.8 Å². The van der Waals surface area contributed by atoms with E-state index < -0.39 is 0 Å². The zero-order valence-electron chi connectivity index (χ0n) is 14.9. The molecule has 2 rings (SSSR count). The van der Waals surface area contributed by atoms with Crippen molar-refractivity contribution >= 4 is 0 Å². The Balaban J connectivity index is 2.01. The first-order chi connectivity index (χ1) is 10.0. The van der Waals surface area contributed by atoms with Crippen LogP contribution in [0.1, 0.15) is 53.4 Å². The summed E-state index contributed by atoms with van der Waals surface area (Å²) in [7, 11) is 2.27. The first-order valence-corrected chi connectivity index (χ1v) is 9.20. The van der Waals surface area contributed by atoms with Crippen LogP contribution in [0.4, 0.5) is 0 Å². The van der Waals surface area contributed by atoms with Crippen LogP contribution < -0.4 is 5.32 Å². The van der Waals surface area contributed by atoms with Gasteiger partial charge in [-0.15, -0.1) is 0 Å². The maximum absolute atomic E-state index is 3.85. The quantitative estimate of drug-likeness (QED) is 0.841. The molecule has 0 aromatic carbocycles. The Morgan fingerprint density at radius 2 is 1.95 bits per heavy atom. The van der Waals surface area contributed by atoms with Gasteiger partial charge in [-0.25, -0.2) is 0 Å². The van der Waals surface area contributed by atoms with Crippen molar-refractivity contribution in [2.75, 3.05) is 33.2 Å². The molecule has 1 aliphatic carbocycles. The van der Waals surface area contributed by atoms with Crippen LogP contribution in [0.3, 0.4) is 0 Å². The van der Waals surface area contributed by atoms with Gasteiger partial charge in [0.2, 0.25) is 0 Å². The van der Waals surface area contributed by atoms with Crippen LogP contribution in [0.25, 0.3) is 0 Å². The number of hydrogen-bond donors (Lipinski definition) is 1. The lowest BCUT2D eigenvalue weighted by molar-refractivity contribution is 0.0253. The van der Waals surface area contributed by atoms with Crippen molar-refractivity contribution in [2.24, 2.45) is 11.8 Å². The van der Waals surface area contributed by atoms with Crippen molar-refractivity contribution in [1.29, 1.82) is 0 Å². The molecule has 3 heteroatoms. The van der Waals surface area contributed by atoms with Gasteiger partial charge in [0.1, 0.15) is 0 Å². The van der Waals surface area contributed by atoms with Crippen LogP contribution >= 0.6 is 0 Å². The molecule has 0 radical (unpaired) electrons. The average Bonchev–Trinajstić information content (AvgIpc) is 2.47. The van der Waals surface area contributed by atoms with E-state index in [2.05, 4.69) is 49.9 Å². The van der Waals surface area contributed by atoms with Gasteiger partial charge < -0.3 is 10.2 Å². The smallest absolute Gasteiger partial charge is 0.0253 e. The molecule has 3 nitrogen and oxygen atoms in total. The third kappa shape index (κ3) is 4.43. The SMILES string of the molecule is CCCNC1CCC(C(C)C)CC1N1CCN(C)C(C)C1. The van der Waals surface area contributed by atoms with E-state index in [4.69, 9.17) is 0 Å². The largest absolute Gasteiger partial charge is 0.312 e. The minimum Gasteiger partial charge on any atom is -0.312 e. The number of likely N-dealkylation sites (N-methyl/N-ethyl adjacent to an activating group) is 1. The summed E-state index contributed by atoms with van der Waals surface area (Å²) in [4.78, 5) is 5.31. The van der Waals surface area contributed by atoms with Crippen LogP contribution in [-0.4, -0.2) is 61.2 Å². The Hall–Kier alpha value is -0.120. The summed E-state index contributed by atoms with van der Waals surface area (Å²) < 4.78 is 0. The lowest BCUT2D eigenvalue weighted by atomic mass is 9.76. The minimum absolute atomic E-state index is 0.699. The van der Waals surface area contributed by atoms with Gasteiger partial charge in [0.05, 0.1) is 0 Å². The number of nitrogens with zero attached hydrogens (tertiary/aromatic N) is 2. The first kappa shape index (κ1) is 17.2. The van der Waals surface area contributed by atoms with Crippen molar-refractivity contribution in [1.82, 2.24) is 15.1 Å². The Morgan fingerprint density at radius 3 is 2.57 bits per heavy atom. The molecule has 0 spiro atoms. The maximum atomic E-state index is 3.85. The third-order valence-electron chi connectivity index (χ3n) is 5.92. The van der Waals surface area contributed by atoms with E-state index in [1.165, 1.54) is 51.9 Å². The number of rotatable bonds is 5. The molecule has 4 unspecified atom stereocenters. The molecule has 0 bridgehead atoms. The summed E-state index contributed by atoms with van der Waals surface area (Å²) in [6.45, 7) is 14.4. The van der Waals surface area contributed by atoms with Crippen LogP contribution in [0.2, 0.25) is 0 Å². The fourth-order valence-corrected chi connectivity index (χ4v) is 4.13. The van der Waals surface area contributed by atoms with Gasteiger partial charge in [-0.3, -0.25) is 4.90 Å². The predicted octanol–water partition coefficient (Wildman–Crippen LogP) is 2.82. The van der Waals surface area contributed by atoms with Gasteiger partial charge in [-0.1, -0.05) is 20.8 Å². The van der Waals surface area contributed by atoms with E-state index in [0.717, 1.165) is 23.9 Å². The van der Waals surface area contributed by atoms with Crippen molar-refractivity contribution in [3.63, 3.8) is 0 Å². The number of nitrogens with one attached hydrogen (secondary N) is 1. The standard InChI is InChI=1S/C18H37N3/c1-6-9-19-17-8-7-16(14(2)3)12-18(17)21-11-10-20(5)15(4)13-21/h14-19H,6-13H2,1-5H3. The molecule has 1 saturated carbocycles. The normalized spacial score (nSPS) is 36.3. The Kier molecular flexibility index (Phi) is 6.51. The molecule has 2 fully saturated rings. The van der Waals surface area contributed by atoms with Crippen molar-refractivity contribution in [3.8, 4) is 0 Å². The molecule has 1 heterocycles. The van der Waals surface area contributed by atoms with Gasteiger partial charge in [0.15, 0.2) is 0 Å². The fraction of sp³-hybridized carbons (Fsp3) is 1.00. The highest BCUT2D eigenvalue weighted by Gasteiger charge is 2.37. The van der Waals surface area contributed by atoms with E-state index in [9.17, 15) is 0 Å². The molecular weight excluding hydrogens is 258 g/mol. The highest BCUT2D eigenvalue weighted by Crippen LogP contribution is 2.33. The second-order valence-electron chi connectivity index (χ2n) is 7.77. The molecule has 1 N–H and O–H groups in total. The molecule has 21 heavy (non-hydrogen) atoms. The second-order valence-corrected chi connectivity index (χ2v) is 7.77. The van der Waals surface area contributed by atoms with Gasteiger partial charge >= 0.3 is 0 Å². The van der Waals surface area contributed by atoms with Crippen LogP contribution in [0.15, 0.2) is 0 Å². The molecular formula is C18H37N3. The summed E-state index contributed by atoms with van der Waals surface area (Å²) in [5.41, 5.74) is 0. The molecule has 4 atom stereocenters. The summed E-state index contributed by atoms with van der Waals surface area (Å²) in [6.07, 6.45) is 5.43. The van der Waals surface area contributed by atoms with E-state index in [1.807, 2.05) is 0 Å². The molecule has 0 aromatic heterocycles. The lowest BCUT2D eigenvalue weighted by Gasteiger charge is -2.48. The number of hydrogen-bond acceptors (Lipinski definition) is 3. The third-order valence-corrected chi connectivity index (χ3v) is 5.92. The van der Waals surface area contributed by atoms with Gasteiger partial charge in [0, 0.05) is 37.8 Å². The van der Waals surface area contributed by atoms with Gasteiger partial charge in [-0.05, 0) is 58.0 Å². The van der Waals surface area contributed by atoms with E-state index >= 15 is 0 Å². The minimum atomic E-state index is 0.699. The summed E-state index contributed by atoms with van der Waals surface area (Å²) in [5, 5.41) is 3.85. The zero-order valence-corrected chi connectivity index (χ0v) is 14.9. The Labute approximate surface area is 132 Å². The zero-order chi connectivity index (χ0) is 15.4. The average molecular weight is 296 g/mol. The molecule has 2 aliphatic rings. The van der Waals surface area contributed by atoms with E-state index in [1.54, 1.807) is 0 Å². The first-order valence-electron chi connectivity index (χ1n) is 9.20. The van der Waals surface area contributed by atoms with E-state index in [0.29, 0.717) is 6.04 Å². The van der Waals surface area contributed by atoms with Crippen molar-refractivity contribution in [3.05, 3.63) is 0 Å². The Morgan fingerprint density at radius 1 is 1.19 bits per heavy atom. The Bertz CT molecular complexity index is 305. The number of piperazine rings is 1.